The molecule has 1 aromatic carbocycles. The average Bonchev–Trinajstić information content (AvgIpc) is 2.96. The summed E-state index contributed by atoms with van der Waals surface area (Å²) < 4.78 is 5.95. The van der Waals surface area contributed by atoms with Crippen LogP contribution >= 0.6 is 0 Å². The van der Waals surface area contributed by atoms with Crippen LogP contribution in [0.4, 0.5) is 0 Å². The Morgan fingerprint density at radius 1 is 1.24 bits per heavy atom. The highest BCUT2D eigenvalue weighted by atomic mass is 16.5. The Morgan fingerprint density at radius 3 is 2.95 bits per heavy atom. The van der Waals surface area contributed by atoms with Crippen LogP contribution in [0.5, 0.6) is 5.75 Å². The minimum Gasteiger partial charge on any atom is -0.493 e. The van der Waals surface area contributed by atoms with Gasteiger partial charge in [0.1, 0.15) is 5.75 Å². The van der Waals surface area contributed by atoms with E-state index in [0.29, 0.717) is 5.92 Å². The van der Waals surface area contributed by atoms with Crippen LogP contribution < -0.4 is 10.1 Å². The number of fused-ring (bicyclic) bond motifs is 1. The topological polar surface area (TPSA) is 21.3 Å². The summed E-state index contributed by atoms with van der Waals surface area (Å²) in [6.45, 7) is 7.72. The normalized spacial score (nSPS) is 24.9. The van der Waals surface area contributed by atoms with Gasteiger partial charge in [-0.25, -0.2) is 0 Å². The van der Waals surface area contributed by atoms with Crippen molar-refractivity contribution in [1.29, 1.82) is 0 Å². The fourth-order valence-corrected chi connectivity index (χ4v) is 3.95. The molecule has 0 aromatic heterocycles. The SMILES string of the molecule is CC(C)CNCC1CCCCC1c1cccc2c1OCC2. The molecule has 2 atom stereocenters. The Morgan fingerprint density at radius 2 is 2.10 bits per heavy atom. The second kappa shape index (κ2) is 6.83. The van der Waals surface area contributed by atoms with Gasteiger partial charge in [-0.15, -0.1) is 0 Å². The molecule has 116 valence electrons. The van der Waals surface area contributed by atoms with Crippen molar-refractivity contribution in [2.75, 3.05) is 19.7 Å². The van der Waals surface area contributed by atoms with Gasteiger partial charge in [-0.05, 0) is 54.8 Å². The Balaban J connectivity index is 1.73. The first-order valence-corrected chi connectivity index (χ1v) is 8.71. The number of para-hydroxylation sites is 1. The number of benzene rings is 1. The molecule has 1 aromatic rings. The summed E-state index contributed by atoms with van der Waals surface area (Å²) in [6.07, 6.45) is 6.54. The Hall–Kier alpha value is -1.02. The lowest BCUT2D eigenvalue weighted by Gasteiger charge is -2.33. The lowest BCUT2D eigenvalue weighted by Crippen LogP contribution is -2.31. The third-order valence-electron chi connectivity index (χ3n) is 5.01. The largest absolute Gasteiger partial charge is 0.493 e. The van der Waals surface area contributed by atoms with Crippen molar-refractivity contribution < 1.29 is 4.74 Å². The molecule has 1 saturated carbocycles. The minimum atomic E-state index is 0.687. The maximum Gasteiger partial charge on any atom is 0.126 e. The zero-order chi connectivity index (χ0) is 14.7. The highest BCUT2D eigenvalue weighted by molar-refractivity contribution is 5.46. The van der Waals surface area contributed by atoms with Gasteiger partial charge in [0.05, 0.1) is 6.61 Å². The van der Waals surface area contributed by atoms with Crippen LogP contribution in [0, 0.1) is 11.8 Å². The minimum absolute atomic E-state index is 0.687. The molecule has 0 amide bonds. The summed E-state index contributed by atoms with van der Waals surface area (Å²) in [5.41, 5.74) is 2.91. The quantitative estimate of drug-likeness (QED) is 0.878. The van der Waals surface area contributed by atoms with Crippen LogP contribution in [0.25, 0.3) is 0 Å². The molecule has 2 aliphatic rings. The first-order chi connectivity index (χ1) is 10.3. The van der Waals surface area contributed by atoms with Gasteiger partial charge in [-0.1, -0.05) is 44.9 Å². The first kappa shape index (κ1) is 14.9. The van der Waals surface area contributed by atoms with Crippen LogP contribution in [0.1, 0.15) is 56.6 Å². The Kier molecular flexibility index (Phi) is 4.84. The van der Waals surface area contributed by atoms with Gasteiger partial charge in [0.15, 0.2) is 0 Å². The van der Waals surface area contributed by atoms with Gasteiger partial charge >= 0.3 is 0 Å². The van der Waals surface area contributed by atoms with Gasteiger partial charge in [0, 0.05) is 6.42 Å². The standard InChI is InChI=1S/C19H29NO/c1-14(2)12-20-13-16-6-3-4-8-17(16)18-9-5-7-15-10-11-21-19(15)18/h5,7,9,14,16-17,20H,3-4,6,8,10-13H2,1-2H3. The zero-order valence-electron chi connectivity index (χ0n) is 13.5. The highest BCUT2D eigenvalue weighted by Crippen LogP contribution is 2.43. The van der Waals surface area contributed by atoms with Gasteiger partial charge in [-0.2, -0.15) is 0 Å². The van der Waals surface area contributed by atoms with E-state index in [1.165, 1.54) is 42.6 Å². The first-order valence-electron chi connectivity index (χ1n) is 8.71. The molecule has 21 heavy (non-hydrogen) atoms. The van der Waals surface area contributed by atoms with E-state index in [9.17, 15) is 0 Å². The van der Waals surface area contributed by atoms with Crippen LogP contribution in [0.15, 0.2) is 18.2 Å². The van der Waals surface area contributed by atoms with E-state index in [1.54, 1.807) is 0 Å². The molecule has 1 N–H and O–H groups in total. The number of rotatable bonds is 5. The number of nitrogens with one attached hydrogen (secondary N) is 1. The second-order valence-corrected chi connectivity index (χ2v) is 7.14. The molecule has 2 heteroatoms. The van der Waals surface area contributed by atoms with E-state index in [4.69, 9.17) is 4.74 Å². The predicted octanol–water partition coefficient (Wildman–Crippen LogP) is 4.14. The summed E-state index contributed by atoms with van der Waals surface area (Å²) in [4.78, 5) is 0. The zero-order valence-corrected chi connectivity index (χ0v) is 13.5. The van der Waals surface area contributed by atoms with E-state index in [1.807, 2.05) is 0 Å². The Bertz CT molecular complexity index is 469. The van der Waals surface area contributed by atoms with Crippen molar-refractivity contribution in [2.45, 2.75) is 51.9 Å². The third-order valence-corrected chi connectivity index (χ3v) is 5.01. The smallest absolute Gasteiger partial charge is 0.126 e. The van der Waals surface area contributed by atoms with Crippen molar-refractivity contribution in [3.63, 3.8) is 0 Å². The lowest BCUT2D eigenvalue weighted by atomic mass is 9.75. The van der Waals surface area contributed by atoms with Crippen molar-refractivity contribution in [3.8, 4) is 5.75 Å². The molecule has 2 nitrogen and oxygen atoms in total. The number of ether oxygens (including phenoxy) is 1. The molecule has 3 rings (SSSR count). The summed E-state index contributed by atoms with van der Waals surface area (Å²) in [6, 6.07) is 6.78. The molecule has 0 radical (unpaired) electrons. The second-order valence-electron chi connectivity index (χ2n) is 7.14. The fraction of sp³-hybridized carbons (Fsp3) is 0.684. The third kappa shape index (κ3) is 3.42. The number of hydrogen-bond donors (Lipinski definition) is 1. The molecule has 1 aliphatic heterocycles. The monoisotopic (exact) mass is 287 g/mol. The molecule has 1 aliphatic carbocycles. The van der Waals surface area contributed by atoms with Crippen molar-refractivity contribution in [3.05, 3.63) is 29.3 Å². The van der Waals surface area contributed by atoms with Gasteiger partial charge in [0.2, 0.25) is 0 Å². The van der Waals surface area contributed by atoms with Crippen LogP contribution in [-0.4, -0.2) is 19.7 Å². The Labute approximate surface area is 129 Å². The fourth-order valence-electron chi connectivity index (χ4n) is 3.95. The van der Waals surface area contributed by atoms with E-state index in [-0.39, 0.29) is 0 Å². The molecule has 2 unspecified atom stereocenters. The van der Waals surface area contributed by atoms with E-state index < -0.39 is 0 Å². The predicted molar refractivity (Wildman–Crippen MR) is 88.0 cm³/mol. The summed E-state index contributed by atoms with van der Waals surface area (Å²) >= 11 is 0. The molecule has 0 saturated heterocycles. The van der Waals surface area contributed by atoms with Gasteiger partial charge < -0.3 is 10.1 Å². The van der Waals surface area contributed by atoms with E-state index >= 15 is 0 Å². The molecular weight excluding hydrogens is 258 g/mol. The lowest BCUT2D eigenvalue weighted by molar-refractivity contribution is 0.281. The van der Waals surface area contributed by atoms with Crippen molar-refractivity contribution in [2.24, 2.45) is 11.8 Å². The van der Waals surface area contributed by atoms with Crippen molar-refractivity contribution >= 4 is 0 Å². The van der Waals surface area contributed by atoms with Gasteiger partial charge in [-0.3, -0.25) is 0 Å². The molecular formula is C19H29NO. The van der Waals surface area contributed by atoms with Crippen molar-refractivity contribution in [1.82, 2.24) is 5.32 Å². The molecule has 0 bridgehead atoms. The maximum atomic E-state index is 5.95. The average molecular weight is 287 g/mol. The molecule has 1 fully saturated rings. The summed E-state index contributed by atoms with van der Waals surface area (Å²) in [5, 5.41) is 3.68. The van der Waals surface area contributed by atoms with E-state index in [2.05, 4.69) is 37.4 Å². The van der Waals surface area contributed by atoms with Gasteiger partial charge in [0.25, 0.3) is 0 Å². The summed E-state index contributed by atoms with van der Waals surface area (Å²) in [5.74, 6) is 3.41. The van der Waals surface area contributed by atoms with Crippen LogP contribution in [-0.2, 0) is 6.42 Å². The molecule has 1 heterocycles. The molecule has 0 spiro atoms. The number of hydrogen-bond acceptors (Lipinski definition) is 2. The van der Waals surface area contributed by atoms with E-state index in [0.717, 1.165) is 38.0 Å². The van der Waals surface area contributed by atoms with Crippen LogP contribution in [0.2, 0.25) is 0 Å². The highest BCUT2D eigenvalue weighted by Gasteiger charge is 2.30. The summed E-state index contributed by atoms with van der Waals surface area (Å²) in [7, 11) is 0. The maximum absolute atomic E-state index is 5.95. The van der Waals surface area contributed by atoms with Crippen LogP contribution in [0.3, 0.4) is 0 Å².